The molecule has 22 heavy (non-hydrogen) atoms. The van der Waals surface area contributed by atoms with Crippen LogP contribution in [0.2, 0.25) is 0 Å². The Balaban J connectivity index is 2.29. The molecule has 5 heteroatoms. The summed E-state index contributed by atoms with van der Waals surface area (Å²) in [6.45, 7) is -0.0972. The summed E-state index contributed by atoms with van der Waals surface area (Å²) in [5.74, 6) is -0.260. The predicted octanol–water partition coefficient (Wildman–Crippen LogP) is 1.81. The van der Waals surface area contributed by atoms with Gasteiger partial charge in [0.25, 0.3) is 5.56 Å². The Kier molecular flexibility index (Phi) is 3.70. The molecule has 0 aliphatic carbocycles. The fourth-order valence-corrected chi connectivity index (χ4v) is 2.37. The summed E-state index contributed by atoms with van der Waals surface area (Å²) in [6.07, 6.45) is 0. The van der Waals surface area contributed by atoms with Gasteiger partial charge in [0, 0.05) is 18.0 Å². The third kappa shape index (κ3) is 2.48. The van der Waals surface area contributed by atoms with E-state index in [0.717, 1.165) is 10.9 Å². The van der Waals surface area contributed by atoms with E-state index in [4.69, 9.17) is 0 Å². The first kappa shape index (κ1) is 14.0. The van der Waals surface area contributed by atoms with Crippen LogP contribution in [0.5, 0.6) is 0 Å². The lowest BCUT2D eigenvalue weighted by atomic mass is 10.1. The van der Waals surface area contributed by atoms with E-state index in [0.29, 0.717) is 11.1 Å². The van der Waals surface area contributed by atoms with Crippen LogP contribution in [0.3, 0.4) is 0 Å². The van der Waals surface area contributed by atoms with Gasteiger partial charge in [0.15, 0.2) is 0 Å². The van der Waals surface area contributed by atoms with Crippen molar-refractivity contribution in [3.05, 3.63) is 65.0 Å². The molecule has 1 heterocycles. The van der Waals surface area contributed by atoms with Gasteiger partial charge >= 0.3 is 0 Å². The molecule has 0 saturated heterocycles. The number of amides is 1. The van der Waals surface area contributed by atoms with Crippen molar-refractivity contribution in [3.63, 3.8) is 0 Å². The Morgan fingerprint density at radius 2 is 1.68 bits per heavy atom. The van der Waals surface area contributed by atoms with E-state index in [9.17, 15) is 9.59 Å². The number of hydrogen-bond donors (Lipinski definition) is 1. The van der Waals surface area contributed by atoms with Gasteiger partial charge in [-0.2, -0.15) is 5.10 Å². The van der Waals surface area contributed by atoms with E-state index in [1.807, 2.05) is 48.5 Å². The molecule has 0 spiro atoms. The number of nitrogens with one attached hydrogen (secondary N) is 1. The van der Waals surface area contributed by atoms with E-state index in [2.05, 4.69) is 10.4 Å². The first-order valence-corrected chi connectivity index (χ1v) is 6.96. The second-order valence-electron chi connectivity index (χ2n) is 4.90. The number of carbonyl (C=O) groups is 1. The Bertz CT molecular complexity index is 885. The van der Waals surface area contributed by atoms with Gasteiger partial charge < -0.3 is 5.32 Å². The second-order valence-corrected chi connectivity index (χ2v) is 4.90. The smallest absolute Gasteiger partial charge is 0.275 e. The summed E-state index contributed by atoms with van der Waals surface area (Å²) in [5.41, 5.74) is 1.34. The van der Waals surface area contributed by atoms with E-state index in [-0.39, 0.29) is 18.0 Å². The van der Waals surface area contributed by atoms with Crippen molar-refractivity contribution < 1.29 is 4.79 Å². The van der Waals surface area contributed by atoms with Crippen molar-refractivity contribution in [2.24, 2.45) is 0 Å². The quantitative estimate of drug-likeness (QED) is 0.801. The van der Waals surface area contributed by atoms with Gasteiger partial charge in [-0.3, -0.25) is 9.59 Å². The average Bonchev–Trinajstić information content (AvgIpc) is 2.58. The molecular formula is C17H15N3O2. The molecule has 0 aliphatic rings. The maximum Gasteiger partial charge on any atom is 0.275 e. The van der Waals surface area contributed by atoms with Crippen LogP contribution in [0.4, 0.5) is 0 Å². The Hall–Kier alpha value is -2.95. The highest BCUT2D eigenvalue weighted by Gasteiger charge is 2.13. The standard InChI is InChI=1S/C17H15N3O2/c1-18-15(21)11-20-17(22)14-10-6-5-9-13(14)16(19-20)12-7-3-2-4-8-12/h2-10H,11H2,1H3,(H,18,21). The summed E-state index contributed by atoms with van der Waals surface area (Å²) in [4.78, 5) is 24.1. The molecule has 0 saturated carbocycles. The van der Waals surface area contributed by atoms with Crippen LogP contribution in [0, 0.1) is 0 Å². The third-order valence-electron chi connectivity index (χ3n) is 3.49. The van der Waals surface area contributed by atoms with Crippen molar-refractivity contribution in [2.75, 3.05) is 7.05 Å². The van der Waals surface area contributed by atoms with Crippen molar-refractivity contribution in [1.29, 1.82) is 0 Å². The number of nitrogens with zero attached hydrogens (tertiary/aromatic N) is 2. The fraction of sp³-hybridized carbons (Fsp3) is 0.118. The zero-order chi connectivity index (χ0) is 15.5. The number of carbonyl (C=O) groups excluding carboxylic acids is 1. The number of benzene rings is 2. The first-order chi connectivity index (χ1) is 10.7. The Morgan fingerprint density at radius 1 is 1.05 bits per heavy atom. The fourth-order valence-electron chi connectivity index (χ4n) is 2.37. The van der Waals surface area contributed by atoms with Crippen LogP contribution < -0.4 is 10.9 Å². The summed E-state index contributed by atoms with van der Waals surface area (Å²) in [5, 5.41) is 8.25. The first-order valence-electron chi connectivity index (χ1n) is 6.96. The monoisotopic (exact) mass is 293 g/mol. The van der Waals surface area contributed by atoms with Crippen molar-refractivity contribution in [2.45, 2.75) is 6.54 Å². The van der Waals surface area contributed by atoms with Crippen LogP contribution in [0.1, 0.15) is 0 Å². The molecule has 2 aromatic carbocycles. The summed E-state index contributed by atoms with van der Waals surface area (Å²) >= 11 is 0. The molecule has 5 nitrogen and oxygen atoms in total. The molecule has 0 aliphatic heterocycles. The lowest BCUT2D eigenvalue weighted by Gasteiger charge is -2.10. The Labute approximate surface area is 127 Å². The van der Waals surface area contributed by atoms with Gasteiger partial charge in [0.2, 0.25) is 5.91 Å². The highest BCUT2D eigenvalue weighted by Crippen LogP contribution is 2.24. The molecular weight excluding hydrogens is 278 g/mol. The molecule has 110 valence electrons. The van der Waals surface area contributed by atoms with Crippen LogP contribution in [-0.4, -0.2) is 22.7 Å². The minimum absolute atomic E-state index is 0.0972. The van der Waals surface area contributed by atoms with Gasteiger partial charge in [-0.05, 0) is 6.07 Å². The lowest BCUT2D eigenvalue weighted by Crippen LogP contribution is -2.32. The van der Waals surface area contributed by atoms with E-state index in [1.165, 1.54) is 11.7 Å². The van der Waals surface area contributed by atoms with Gasteiger partial charge in [0.05, 0.1) is 11.1 Å². The third-order valence-corrected chi connectivity index (χ3v) is 3.49. The van der Waals surface area contributed by atoms with Gasteiger partial charge in [-0.25, -0.2) is 4.68 Å². The molecule has 0 bridgehead atoms. The normalized spacial score (nSPS) is 10.6. The van der Waals surface area contributed by atoms with Gasteiger partial charge in [-0.15, -0.1) is 0 Å². The maximum absolute atomic E-state index is 12.5. The van der Waals surface area contributed by atoms with E-state index >= 15 is 0 Å². The number of hydrogen-bond acceptors (Lipinski definition) is 3. The molecule has 3 rings (SSSR count). The predicted molar refractivity (Wildman–Crippen MR) is 85.5 cm³/mol. The topological polar surface area (TPSA) is 64.0 Å². The zero-order valence-electron chi connectivity index (χ0n) is 12.1. The van der Waals surface area contributed by atoms with Crippen LogP contribution >= 0.6 is 0 Å². The second kappa shape index (κ2) is 5.81. The van der Waals surface area contributed by atoms with Crippen LogP contribution in [-0.2, 0) is 11.3 Å². The van der Waals surface area contributed by atoms with Gasteiger partial charge in [0.1, 0.15) is 6.54 Å². The number of likely N-dealkylation sites (N-methyl/N-ethyl adjacent to an activating group) is 1. The molecule has 1 aromatic heterocycles. The molecule has 0 fully saturated rings. The average molecular weight is 293 g/mol. The zero-order valence-corrected chi connectivity index (χ0v) is 12.1. The molecule has 1 N–H and O–H groups in total. The SMILES string of the molecule is CNC(=O)Cn1nc(-c2ccccc2)c2ccccc2c1=O. The number of aromatic nitrogens is 2. The minimum atomic E-state index is -0.265. The molecule has 0 atom stereocenters. The molecule has 0 unspecified atom stereocenters. The number of rotatable bonds is 3. The highest BCUT2D eigenvalue weighted by molar-refractivity contribution is 5.93. The molecule has 3 aromatic rings. The van der Waals surface area contributed by atoms with E-state index < -0.39 is 0 Å². The minimum Gasteiger partial charge on any atom is -0.358 e. The van der Waals surface area contributed by atoms with Crippen molar-refractivity contribution in [1.82, 2.24) is 15.1 Å². The summed E-state index contributed by atoms with van der Waals surface area (Å²) in [7, 11) is 1.53. The van der Waals surface area contributed by atoms with E-state index in [1.54, 1.807) is 6.07 Å². The highest BCUT2D eigenvalue weighted by atomic mass is 16.2. The lowest BCUT2D eigenvalue weighted by molar-refractivity contribution is -0.121. The van der Waals surface area contributed by atoms with Gasteiger partial charge in [-0.1, -0.05) is 48.5 Å². The largest absolute Gasteiger partial charge is 0.358 e. The number of fused-ring (bicyclic) bond motifs is 1. The summed E-state index contributed by atoms with van der Waals surface area (Å²) < 4.78 is 1.21. The summed E-state index contributed by atoms with van der Waals surface area (Å²) in [6, 6.07) is 16.9. The molecule has 0 radical (unpaired) electrons. The van der Waals surface area contributed by atoms with Crippen molar-refractivity contribution >= 4 is 16.7 Å². The Morgan fingerprint density at radius 3 is 2.36 bits per heavy atom. The van der Waals surface area contributed by atoms with Crippen LogP contribution in [0.25, 0.3) is 22.0 Å². The van der Waals surface area contributed by atoms with Crippen molar-refractivity contribution in [3.8, 4) is 11.3 Å². The van der Waals surface area contributed by atoms with Crippen LogP contribution in [0.15, 0.2) is 59.4 Å². The maximum atomic E-state index is 12.5. The molecule has 1 amide bonds.